The van der Waals surface area contributed by atoms with Crippen LogP contribution in [0.1, 0.15) is 39.5 Å². The minimum atomic E-state index is -0.0928. The average Bonchev–Trinajstić information content (AvgIpc) is 3.53. The summed E-state index contributed by atoms with van der Waals surface area (Å²) in [7, 11) is 1.60. The van der Waals surface area contributed by atoms with Gasteiger partial charge in [0.1, 0.15) is 11.6 Å². The molecule has 0 radical (unpaired) electrons. The van der Waals surface area contributed by atoms with E-state index >= 15 is 0 Å². The molecule has 8 heteroatoms. The number of halogens is 1. The monoisotopic (exact) mass is 502 g/mol. The van der Waals surface area contributed by atoms with Crippen molar-refractivity contribution in [3.63, 3.8) is 0 Å². The Labute approximate surface area is 193 Å². The van der Waals surface area contributed by atoms with E-state index in [0.29, 0.717) is 29.3 Å². The van der Waals surface area contributed by atoms with E-state index in [-0.39, 0.29) is 25.2 Å². The van der Waals surface area contributed by atoms with Crippen molar-refractivity contribution < 1.29 is 19.4 Å². The van der Waals surface area contributed by atoms with Gasteiger partial charge in [0.2, 0.25) is 0 Å². The number of benzene rings is 2. The molecule has 0 aliphatic heterocycles. The summed E-state index contributed by atoms with van der Waals surface area (Å²) in [5, 5.41) is 11.8. The third kappa shape index (κ3) is 5.26. The predicted octanol–water partition coefficient (Wildman–Crippen LogP) is 4.79. The standard InChI is InChI=1S/C23H23BrN2O4S/c1-29-20-7-3-5-16(22(20)30-13-21-25-18(12-27)14-31-21)11-26(19-8-9-19)23(28)15-4-2-6-17(24)10-15/h2-7,10,14,19,27H,8-9,11-13H2,1H3. The number of rotatable bonds is 9. The van der Waals surface area contributed by atoms with Crippen LogP contribution in [0.15, 0.2) is 52.3 Å². The number of nitrogens with zero attached hydrogens (tertiary/aromatic N) is 2. The lowest BCUT2D eigenvalue weighted by molar-refractivity contribution is 0.0728. The number of amides is 1. The van der Waals surface area contributed by atoms with Crippen LogP contribution in [0.2, 0.25) is 0 Å². The Bertz CT molecular complexity index is 1070. The van der Waals surface area contributed by atoms with Crippen molar-refractivity contribution in [3.05, 3.63) is 74.1 Å². The third-order valence-electron chi connectivity index (χ3n) is 5.04. The van der Waals surface area contributed by atoms with Crippen LogP contribution >= 0.6 is 27.3 Å². The lowest BCUT2D eigenvalue weighted by atomic mass is 10.1. The largest absolute Gasteiger partial charge is 0.493 e. The Hall–Kier alpha value is -2.42. The molecule has 1 fully saturated rings. The van der Waals surface area contributed by atoms with Gasteiger partial charge < -0.3 is 19.5 Å². The summed E-state index contributed by atoms with van der Waals surface area (Å²) in [6.07, 6.45) is 2.01. The molecule has 0 spiro atoms. The molecule has 1 amide bonds. The second kappa shape index (κ2) is 9.80. The molecule has 1 aliphatic rings. The van der Waals surface area contributed by atoms with Crippen molar-refractivity contribution >= 4 is 33.2 Å². The van der Waals surface area contributed by atoms with Crippen molar-refractivity contribution in [2.75, 3.05) is 7.11 Å². The summed E-state index contributed by atoms with van der Waals surface area (Å²) in [6, 6.07) is 13.4. The Kier molecular flexibility index (Phi) is 6.89. The molecule has 31 heavy (non-hydrogen) atoms. The zero-order valence-corrected chi connectivity index (χ0v) is 19.5. The predicted molar refractivity (Wildman–Crippen MR) is 122 cm³/mol. The minimum Gasteiger partial charge on any atom is -0.493 e. The molecule has 0 atom stereocenters. The van der Waals surface area contributed by atoms with Crippen LogP contribution in [0, 0.1) is 0 Å². The third-order valence-corrected chi connectivity index (χ3v) is 6.41. The van der Waals surface area contributed by atoms with Crippen molar-refractivity contribution in [1.29, 1.82) is 0 Å². The highest BCUT2D eigenvalue weighted by Gasteiger charge is 2.34. The molecule has 0 saturated heterocycles. The van der Waals surface area contributed by atoms with Gasteiger partial charge >= 0.3 is 0 Å². The molecule has 0 unspecified atom stereocenters. The molecule has 6 nitrogen and oxygen atoms in total. The number of para-hydroxylation sites is 1. The summed E-state index contributed by atoms with van der Waals surface area (Å²) < 4.78 is 12.5. The summed E-state index contributed by atoms with van der Waals surface area (Å²) in [4.78, 5) is 19.5. The molecule has 162 valence electrons. The highest BCUT2D eigenvalue weighted by molar-refractivity contribution is 9.10. The number of ether oxygens (including phenoxy) is 2. The fourth-order valence-corrected chi connectivity index (χ4v) is 4.45. The van der Waals surface area contributed by atoms with E-state index in [2.05, 4.69) is 20.9 Å². The minimum absolute atomic E-state index is 0.00470. The Morgan fingerprint density at radius 3 is 2.77 bits per heavy atom. The van der Waals surface area contributed by atoms with Crippen molar-refractivity contribution in [3.8, 4) is 11.5 Å². The second-order valence-electron chi connectivity index (χ2n) is 7.30. The molecule has 2 aromatic carbocycles. The molecule has 1 saturated carbocycles. The number of hydrogen-bond acceptors (Lipinski definition) is 6. The lowest BCUT2D eigenvalue weighted by Gasteiger charge is -2.24. The maximum Gasteiger partial charge on any atom is 0.254 e. The first-order chi connectivity index (χ1) is 15.1. The van der Waals surface area contributed by atoms with Gasteiger partial charge in [-0.15, -0.1) is 11.3 Å². The highest BCUT2D eigenvalue weighted by Crippen LogP contribution is 2.36. The van der Waals surface area contributed by atoms with Gasteiger partial charge in [-0.3, -0.25) is 4.79 Å². The molecule has 1 heterocycles. The Morgan fingerprint density at radius 1 is 1.29 bits per heavy atom. The number of thiazole rings is 1. The molecular formula is C23H23BrN2O4S. The first kappa shape index (κ1) is 21.8. The van der Waals surface area contributed by atoms with Crippen molar-refractivity contribution in [1.82, 2.24) is 9.88 Å². The van der Waals surface area contributed by atoms with Gasteiger partial charge in [-0.25, -0.2) is 4.98 Å². The molecule has 1 N–H and O–H groups in total. The van der Waals surface area contributed by atoms with E-state index in [1.54, 1.807) is 7.11 Å². The van der Waals surface area contributed by atoms with Crippen LogP contribution < -0.4 is 9.47 Å². The zero-order chi connectivity index (χ0) is 21.8. The average molecular weight is 503 g/mol. The van der Waals surface area contributed by atoms with Crippen LogP contribution in [0.4, 0.5) is 0 Å². The Morgan fingerprint density at radius 2 is 2.10 bits per heavy atom. The maximum atomic E-state index is 13.3. The molecule has 1 aromatic heterocycles. The zero-order valence-electron chi connectivity index (χ0n) is 17.1. The van der Waals surface area contributed by atoms with Crippen LogP contribution in [0.25, 0.3) is 0 Å². The fourth-order valence-electron chi connectivity index (χ4n) is 3.36. The second-order valence-corrected chi connectivity index (χ2v) is 9.16. The van der Waals surface area contributed by atoms with Crippen molar-refractivity contribution in [2.24, 2.45) is 0 Å². The summed E-state index contributed by atoms with van der Waals surface area (Å²) in [6.45, 7) is 0.605. The smallest absolute Gasteiger partial charge is 0.254 e. The maximum absolute atomic E-state index is 13.3. The van der Waals surface area contributed by atoms with E-state index in [1.165, 1.54) is 11.3 Å². The molecular weight excluding hydrogens is 480 g/mol. The summed E-state index contributed by atoms with van der Waals surface area (Å²) >= 11 is 4.89. The van der Waals surface area contributed by atoms with E-state index < -0.39 is 0 Å². The SMILES string of the molecule is COc1cccc(CN(C(=O)c2cccc(Br)c2)C2CC2)c1OCc1nc(CO)cs1. The van der Waals surface area contributed by atoms with Crippen LogP contribution in [0.5, 0.6) is 11.5 Å². The van der Waals surface area contributed by atoms with E-state index in [4.69, 9.17) is 9.47 Å². The molecule has 3 aromatic rings. The lowest BCUT2D eigenvalue weighted by Crippen LogP contribution is -2.32. The number of aliphatic hydroxyl groups is 1. The number of carbonyl (C=O) groups excluding carboxylic acids is 1. The first-order valence-electron chi connectivity index (χ1n) is 9.98. The van der Waals surface area contributed by atoms with Crippen LogP contribution in [-0.4, -0.2) is 34.0 Å². The van der Waals surface area contributed by atoms with Gasteiger partial charge in [-0.2, -0.15) is 0 Å². The number of carbonyl (C=O) groups is 1. The van der Waals surface area contributed by atoms with Gasteiger partial charge in [0.15, 0.2) is 11.5 Å². The number of aromatic nitrogens is 1. The normalized spacial score (nSPS) is 13.1. The van der Waals surface area contributed by atoms with Gasteiger partial charge in [-0.05, 0) is 37.1 Å². The number of aliphatic hydroxyl groups excluding tert-OH is 1. The van der Waals surface area contributed by atoms with Gasteiger partial charge in [0, 0.05) is 27.0 Å². The van der Waals surface area contributed by atoms with E-state index in [0.717, 1.165) is 27.9 Å². The quantitative estimate of drug-likeness (QED) is 0.455. The van der Waals surface area contributed by atoms with Gasteiger partial charge in [0.05, 0.1) is 26.0 Å². The van der Waals surface area contributed by atoms with Gasteiger partial charge in [-0.1, -0.05) is 34.1 Å². The van der Waals surface area contributed by atoms with E-state index in [9.17, 15) is 9.90 Å². The van der Waals surface area contributed by atoms with E-state index in [1.807, 2.05) is 52.7 Å². The number of hydrogen-bond donors (Lipinski definition) is 1. The number of methoxy groups -OCH3 is 1. The molecule has 1 aliphatic carbocycles. The van der Waals surface area contributed by atoms with Gasteiger partial charge in [0.25, 0.3) is 5.91 Å². The fraction of sp³-hybridized carbons (Fsp3) is 0.304. The first-order valence-corrected chi connectivity index (χ1v) is 11.7. The van der Waals surface area contributed by atoms with Crippen LogP contribution in [-0.2, 0) is 19.8 Å². The van der Waals surface area contributed by atoms with Crippen molar-refractivity contribution in [2.45, 2.75) is 38.6 Å². The molecule has 4 rings (SSSR count). The summed E-state index contributed by atoms with van der Waals surface area (Å²) in [5.74, 6) is 1.23. The topological polar surface area (TPSA) is 71.9 Å². The Balaban J connectivity index is 1.58. The summed E-state index contributed by atoms with van der Waals surface area (Å²) in [5.41, 5.74) is 2.17. The van der Waals surface area contributed by atoms with Crippen LogP contribution in [0.3, 0.4) is 0 Å². The molecule has 0 bridgehead atoms. The highest BCUT2D eigenvalue weighted by atomic mass is 79.9.